The van der Waals surface area contributed by atoms with Gasteiger partial charge in [0.1, 0.15) is 0 Å². The second kappa shape index (κ2) is 3.94. The zero-order valence-electron chi connectivity index (χ0n) is 10.1. The summed E-state index contributed by atoms with van der Waals surface area (Å²) in [6, 6.07) is 3.77. The Kier molecular flexibility index (Phi) is 2.40. The lowest BCUT2D eigenvalue weighted by Crippen LogP contribution is -2.05. The van der Waals surface area contributed by atoms with E-state index in [1.807, 2.05) is 19.1 Å². The number of nitrogens with zero attached hydrogens (tertiary/aromatic N) is 3. The molecule has 0 aliphatic heterocycles. The number of aryl methyl sites for hydroxylation is 1. The molecular formula is C13H13N3O2. The number of aromatic carboxylic acids is 1. The SMILES string of the molecule is Cc1cc(-n2nc(C(=O)O)c3c2CCC3)ccn1. The second-order valence-corrected chi connectivity index (χ2v) is 4.50. The Balaban J connectivity index is 2.19. The topological polar surface area (TPSA) is 68.0 Å². The molecule has 0 aromatic carbocycles. The van der Waals surface area contributed by atoms with Gasteiger partial charge in [-0.05, 0) is 38.3 Å². The predicted molar refractivity (Wildman–Crippen MR) is 65.1 cm³/mol. The van der Waals surface area contributed by atoms with Gasteiger partial charge in [-0.25, -0.2) is 9.48 Å². The molecule has 2 heterocycles. The molecule has 1 aliphatic carbocycles. The molecule has 0 radical (unpaired) electrons. The van der Waals surface area contributed by atoms with Crippen molar-refractivity contribution in [2.24, 2.45) is 0 Å². The van der Waals surface area contributed by atoms with E-state index in [0.29, 0.717) is 0 Å². The maximum Gasteiger partial charge on any atom is 0.356 e. The molecular weight excluding hydrogens is 230 g/mol. The number of hydrogen-bond acceptors (Lipinski definition) is 3. The number of carboxylic acids is 1. The van der Waals surface area contributed by atoms with Crippen molar-refractivity contribution in [1.29, 1.82) is 0 Å². The summed E-state index contributed by atoms with van der Waals surface area (Å²) in [4.78, 5) is 15.3. The molecule has 0 amide bonds. The van der Waals surface area contributed by atoms with Gasteiger partial charge in [0.25, 0.3) is 0 Å². The zero-order valence-corrected chi connectivity index (χ0v) is 10.1. The minimum absolute atomic E-state index is 0.192. The van der Waals surface area contributed by atoms with Gasteiger partial charge in [-0.2, -0.15) is 5.10 Å². The molecule has 2 aromatic rings. The van der Waals surface area contributed by atoms with Gasteiger partial charge in [0, 0.05) is 23.1 Å². The number of fused-ring (bicyclic) bond motifs is 1. The van der Waals surface area contributed by atoms with E-state index in [0.717, 1.165) is 41.9 Å². The summed E-state index contributed by atoms with van der Waals surface area (Å²) >= 11 is 0. The third kappa shape index (κ3) is 1.59. The van der Waals surface area contributed by atoms with Gasteiger partial charge in [-0.3, -0.25) is 4.98 Å². The molecule has 18 heavy (non-hydrogen) atoms. The van der Waals surface area contributed by atoms with Crippen molar-refractivity contribution in [3.63, 3.8) is 0 Å². The normalized spacial score (nSPS) is 13.6. The second-order valence-electron chi connectivity index (χ2n) is 4.50. The first-order valence-electron chi connectivity index (χ1n) is 5.94. The number of aromatic nitrogens is 3. The van der Waals surface area contributed by atoms with Crippen LogP contribution in [-0.4, -0.2) is 25.8 Å². The Hall–Kier alpha value is -2.17. The van der Waals surface area contributed by atoms with Crippen LogP contribution < -0.4 is 0 Å². The van der Waals surface area contributed by atoms with Crippen LogP contribution in [0.25, 0.3) is 5.69 Å². The number of hydrogen-bond donors (Lipinski definition) is 1. The van der Waals surface area contributed by atoms with E-state index in [1.54, 1.807) is 10.9 Å². The molecule has 0 saturated carbocycles. The molecule has 0 unspecified atom stereocenters. The summed E-state index contributed by atoms with van der Waals surface area (Å²) in [7, 11) is 0. The van der Waals surface area contributed by atoms with Gasteiger partial charge in [-0.1, -0.05) is 0 Å². The average Bonchev–Trinajstić information content (AvgIpc) is 2.88. The van der Waals surface area contributed by atoms with Crippen molar-refractivity contribution >= 4 is 5.97 Å². The van der Waals surface area contributed by atoms with Crippen LogP contribution in [-0.2, 0) is 12.8 Å². The minimum atomic E-state index is -0.947. The summed E-state index contributed by atoms with van der Waals surface area (Å²) < 4.78 is 1.75. The molecule has 5 nitrogen and oxygen atoms in total. The molecule has 1 N–H and O–H groups in total. The smallest absolute Gasteiger partial charge is 0.356 e. The molecule has 92 valence electrons. The van der Waals surface area contributed by atoms with E-state index in [-0.39, 0.29) is 5.69 Å². The monoisotopic (exact) mass is 243 g/mol. The number of carbonyl (C=O) groups is 1. The van der Waals surface area contributed by atoms with Crippen LogP contribution in [0, 0.1) is 6.92 Å². The number of carboxylic acid groups (broad SMARTS) is 1. The first-order valence-corrected chi connectivity index (χ1v) is 5.94. The molecule has 0 saturated heterocycles. The maximum absolute atomic E-state index is 11.2. The maximum atomic E-state index is 11.2. The quantitative estimate of drug-likeness (QED) is 0.872. The Bertz CT molecular complexity index is 631. The Morgan fingerprint density at radius 3 is 3.00 bits per heavy atom. The number of rotatable bonds is 2. The first kappa shape index (κ1) is 11.0. The van der Waals surface area contributed by atoms with Crippen LogP contribution >= 0.6 is 0 Å². The number of pyridine rings is 1. The highest BCUT2D eigenvalue weighted by atomic mass is 16.4. The molecule has 0 fully saturated rings. The van der Waals surface area contributed by atoms with Crippen molar-refractivity contribution in [1.82, 2.24) is 14.8 Å². The zero-order chi connectivity index (χ0) is 12.7. The van der Waals surface area contributed by atoms with Crippen LogP contribution in [0.2, 0.25) is 0 Å². The fourth-order valence-electron chi connectivity index (χ4n) is 2.49. The highest BCUT2D eigenvalue weighted by molar-refractivity contribution is 5.87. The Morgan fingerprint density at radius 1 is 1.44 bits per heavy atom. The lowest BCUT2D eigenvalue weighted by atomic mass is 10.2. The molecule has 0 bridgehead atoms. The van der Waals surface area contributed by atoms with Gasteiger partial charge in [0.15, 0.2) is 5.69 Å². The van der Waals surface area contributed by atoms with Crippen LogP contribution in [0.1, 0.15) is 33.9 Å². The van der Waals surface area contributed by atoms with E-state index in [9.17, 15) is 9.90 Å². The van der Waals surface area contributed by atoms with E-state index in [2.05, 4.69) is 10.1 Å². The average molecular weight is 243 g/mol. The van der Waals surface area contributed by atoms with Crippen LogP contribution in [0.5, 0.6) is 0 Å². The van der Waals surface area contributed by atoms with Crippen molar-refractivity contribution in [2.45, 2.75) is 26.2 Å². The van der Waals surface area contributed by atoms with Crippen LogP contribution in [0.15, 0.2) is 18.3 Å². The highest BCUT2D eigenvalue weighted by Gasteiger charge is 2.26. The highest BCUT2D eigenvalue weighted by Crippen LogP contribution is 2.27. The van der Waals surface area contributed by atoms with E-state index >= 15 is 0 Å². The summed E-state index contributed by atoms with van der Waals surface area (Å²) in [6.45, 7) is 1.91. The third-order valence-electron chi connectivity index (χ3n) is 3.26. The molecule has 5 heteroatoms. The molecule has 0 atom stereocenters. The van der Waals surface area contributed by atoms with Gasteiger partial charge in [0.2, 0.25) is 0 Å². The standard InChI is InChI=1S/C13H13N3O2/c1-8-7-9(5-6-14-8)16-11-4-2-3-10(11)12(15-16)13(17)18/h5-7H,2-4H2,1H3,(H,17,18). The Labute approximate surface area is 104 Å². The van der Waals surface area contributed by atoms with Crippen molar-refractivity contribution in [3.05, 3.63) is 41.0 Å². The van der Waals surface area contributed by atoms with Crippen LogP contribution in [0.3, 0.4) is 0 Å². The largest absolute Gasteiger partial charge is 0.476 e. The summed E-state index contributed by atoms with van der Waals surface area (Å²) in [5, 5.41) is 13.4. The van der Waals surface area contributed by atoms with Crippen molar-refractivity contribution in [3.8, 4) is 5.69 Å². The first-order chi connectivity index (χ1) is 8.66. The molecule has 1 aliphatic rings. The van der Waals surface area contributed by atoms with E-state index < -0.39 is 5.97 Å². The van der Waals surface area contributed by atoms with E-state index in [1.165, 1.54) is 0 Å². The lowest BCUT2D eigenvalue weighted by Gasteiger charge is -2.05. The van der Waals surface area contributed by atoms with Crippen LogP contribution in [0.4, 0.5) is 0 Å². The predicted octanol–water partition coefficient (Wildman–Crippen LogP) is 1.76. The summed E-state index contributed by atoms with van der Waals surface area (Å²) in [5.74, 6) is -0.947. The van der Waals surface area contributed by atoms with Gasteiger partial charge >= 0.3 is 5.97 Å². The fourth-order valence-corrected chi connectivity index (χ4v) is 2.49. The lowest BCUT2D eigenvalue weighted by molar-refractivity contribution is 0.0689. The van der Waals surface area contributed by atoms with Crippen molar-refractivity contribution < 1.29 is 9.90 Å². The minimum Gasteiger partial charge on any atom is -0.476 e. The summed E-state index contributed by atoms with van der Waals surface area (Å²) in [5.41, 5.74) is 3.88. The van der Waals surface area contributed by atoms with E-state index in [4.69, 9.17) is 0 Å². The van der Waals surface area contributed by atoms with Gasteiger partial charge < -0.3 is 5.11 Å². The van der Waals surface area contributed by atoms with Gasteiger partial charge in [-0.15, -0.1) is 0 Å². The molecule has 3 rings (SSSR count). The third-order valence-corrected chi connectivity index (χ3v) is 3.26. The Morgan fingerprint density at radius 2 is 2.28 bits per heavy atom. The van der Waals surface area contributed by atoms with Crippen molar-refractivity contribution in [2.75, 3.05) is 0 Å². The molecule has 0 spiro atoms. The summed E-state index contributed by atoms with van der Waals surface area (Å²) in [6.07, 6.45) is 4.41. The molecule has 2 aromatic heterocycles. The fraction of sp³-hybridized carbons (Fsp3) is 0.308. The van der Waals surface area contributed by atoms with Gasteiger partial charge in [0.05, 0.1) is 5.69 Å².